The number of anilines is 2. The Balaban J connectivity index is 1.59. The van der Waals surface area contributed by atoms with Crippen LogP contribution in [-0.2, 0) is 14.3 Å². The van der Waals surface area contributed by atoms with Gasteiger partial charge in [0.05, 0.1) is 30.6 Å². The Morgan fingerprint density at radius 2 is 1.84 bits per heavy atom. The number of morpholine rings is 1. The van der Waals surface area contributed by atoms with Crippen molar-refractivity contribution in [1.29, 1.82) is 0 Å². The summed E-state index contributed by atoms with van der Waals surface area (Å²) in [5.41, 5.74) is 8.78. The van der Waals surface area contributed by atoms with Crippen LogP contribution in [0.1, 0.15) is 24.1 Å². The summed E-state index contributed by atoms with van der Waals surface area (Å²) in [6.07, 6.45) is 3.21. The van der Waals surface area contributed by atoms with Crippen molar-refractivity contribution < 1.29 is 14.3 Å². The van der Waals surface area contributed by atoms with Gasteiger partial charge >= 0.3 is 0 Å². The van der Waals surface area contributed by atoms with Gasteiger partial charge in [0.25, 0.3) is 0 Å². The van der Waals surface area contributed by atoms with Crippen molar-refractivity contribution in [2.45, 2.75) is 13.0 Å². The molecule has 3 N–H and O–H groups in total. The summed E-state index contributed by atoms with van der Waals surface area (Å²) in [5.74, 6) is -0.144. The highest BCUT2D eigenvalue weighted by Crippen LogP contribution is 2.22. The predicted molar refractivity (Wildman–Crippen MR) is 128 cm³/mol. The number of rotatable bonds is 9. The minimum Gasteiger partial charge on any atom is -0.397 e. The quantitative estimate of drug-likeness (QED) is 0.464. The molecule has 1 atom stereocenters. The van der Waals surface area contributed by atoms with Gasteiger partial charge < -0.3 is 15.8 Å². The standard InChI is InChI=1S/C25H32N4O3/c1-19(30)25(28(2)13-14-29-15-17-32-18-16-29)21-10-7-20(8-11-21)9-12-24(31)27-23-6-4-3-5-22(23)26/h3-12,25H,13-18,26H2,1-2H3,(H,27,31)/b12-9+. The second kappa shape index (κ2) is 11.6. The number of ether oxygens (including phenoxy) is 1. The monoisotopic (exact) mass is 436 g/mol. The molecule has 2 aromatic carbocycles. The molecule has 2 aromatic rings. The van der Waals surface area contributed by atoms with E-state index in [4.69, 9.17) is 10.5 Å². The highest BCUT2D eigenvalue weighted by atomic mass is 16.5. The molecule has 170 valence electrons. The molecular weight excluding hydrogens is 404 g/mol. The fourth-order valence-corrected chi connectivity index (χ4v) is 3.80. The van der Waals surface area contributed by atoms with Crippen LogP contribution in [0, 0.1) is 0 Å². The second-order valence-electron chi connectivity index (χ2n) is 8.02. The van der Waals surface area contributed by atoms with E-state index in [1.54, 1.807) is 25.1 Å². The zero-order chi connectivity index (χ0) is 22.9. The van der Waals surface area contributed by atoms with Crippen molar-refractivity contribution in [2.75, 3.05) is 57.5 Å². The Morgan fingerprint density at radius 3 is 2.50 bits per heavy atom. The average Bonchev–Trinajstić information content (AvgIpc) is 2.79. The van der Waals surface area contributed by atoms with Crippen LogP contribution >= 0.6 is 0 Å². The van der Waals surface area contributed by atoms with E-state index in [1.165, 1.54) is 6.08 Å². The van der Waals surface area contributed by atoms with Crippen LogP contribution in [0.5, 0.6) is 0 Å². The van der Waals surface area contributed by atoms with Crippen LogP contribution in [0.4, 0.5) is 11.4 Å². The first-order chi connectivity index (χ1) is 15.4. The number of amides is 1. The van der Waals surface area contributed by atoms with Crippen molar-refractivity contribution in [3.8, 4) is 0 Å². The molecule has 1 fully saturated rings. The lowest BCUT2D eigenvalue weighted by Gasteiger charge is -2.31. The zero-order valence-electron chi connectivity index (χ0n) is 18.8. The first-order valence-corrected chi connectivity index (χ1v) is 10.9. The molecule has 0 aliphatic carbocycles. The Morgan fingerprint density at radius 1 is 1.16 bits per heavy atom. The summed E-state index contributed by atoms with van der Waals surface area (Å²) in [6.45, 7) is 6.74. The lowest BCUT2D eigenvalue weighted by Crippen LogP contribution is -2.42. The van der Waals surface area contributed by atoms with E-state index in [0.717, 1.165) is 50.5 Å². The third-order valence-corrected chi connectivity index (χ3v) is 5.60. The third kappa shape index (κ3) is 6.75. The van der Waals surface area contributed by atoms with Gasteiger partial charge in [-0.3, -0.25) is 19.4 Å². The molecule has 1 amide bonds. The van der Waals surface area contributed by atoms with Crippen LogP contribution in [-0.4, -0.2) is 67.9 Å². The van der Waals surface area contributed by atoms with Crippen LogP contribution in [0.15, 0.2) is 54.6 Å². The number of nitrogens with zero attached hydrogens (tertiary/aromatic N) is 2. The molecule has 7 nitrogen and oxygen atoms in total. The van der Waals surface area contributed by atoms with Crippen molar-refractivity contribution >= 4 is 29.1 Å². The van der Waals surface area contributed by atoms with E-state index in [9.17, 15) is 9.59 Å². The summed E-state index contributed by atoms with van der Waals surface area (Å²) >= 11 is 0. The largest absolute Gasteiger partial charge is 0.397 e. The molecule has 1 aliphatic rings. The van der Waals surface area contributed by atoms with Crippen LogP contribution in [0.2, 0.25) is 0 Å². The molecule has 7 heteroatoms. The normalized spacial score (nSPS) is 15.7. The van der Waals surface area contributed by atoms with Gasteiger partial charge in [-0.2, -0.15) is 0 Å². The number of Topliss-reactive ketones (excluding diaryl/α,β-unsaturated/α-hetero) is 1. The molecule has 0 spiro atoms. The topological polar surface area (TPSA) is 87.9 Å². The van der Waals surface area contributed by atoms with E-state index >= 15 is 0 Å². The number of hydrogen-bond acceptors (Lipinski definition) is 6. The Hall–Kier alpha value is -3.00. The molecule has 1 unspecified atom stereocenters. The highest BCUT2D eigenvalue weighted by molar-refractivity contribution is 6.03. The van der Waals surface area contributed by atoms with Gasteiger partial charge in [-0.05, 0) is 43.3 Å². The van der Waals surface area contributed by atoms with Crippen LogP contribution < -0.4 is 11.1 Å². The lowest BCUT2D eigenvalue weighted by atomic mass is 10.0. The third-order valence-electron chi connectivity index (χ3n) is 5.60. The average molecular weight is 437 g/mol. The maximum Gasteiger partial charge on any atom is 0.248 e. The molecule has 0 radical (unpaired) electrons. The highest BCUT2D eigenvalue weighted by Gasteiger charge is 2.22. The van der Waals surface area contributed by atoms with Gasteiger partial charge in [0.1, 0.15) is 0 Å². The molecule has 0 bridgehead atoms. The van der Waals surface area contributed by atoms with Gasteiger partial charge in [0.2, 0.25) is 5.91 Å². The second-order valence-corrected chi connectivity index (χ2v) is 8.02. The molecule has 32 heavy (non-hydrogen) atoms. The predicted octanol–water partition coefficient (Wildman–Crippen LogP) is 2.81. The minimum atomic E-state index is -0.293. The number of ketones is 1. The van der Waals surface area contributed by atoms with Crippen molar-refractivity contribution in [3.63, 3.8) is 0 Å². The minimum absolute atomic E-state index is 0.109. The van der Waals surface area contributed by atoms with Gasteiger partial charge in [-0.25, -0.2) is 0 Å². The van der Waals surface area contributed by atoms with Crippen molar-refractivity contribution in [2.24, 2.45) is 0 Å². The van der Waals surface area contributed by atoms with Crippen LogP contribution in [0.25, 0.3) is 6.08 Å². The van der Waals surface area contributed by atoms with Gasteiger partial charge in [-0.15, -0.1) is 0 Å². The van der Waals surface area contributed by atoms with Gasteiger partial charge in [-0.1, -0.05) is 36.4 Å². The molecule has 1 aliphatic heterocycles. The summed E-state index contributed by atoms with van der Waals surface area (Å²) in [4.78, 5) is 29.0. The Labute approximate surface area is 189 Å². The van der Waals surface area contributed by atoms with Gasteiger partial charge in [0, 0.05) is 32.3 Å². The fraction of sp³-hybridized carbons (Fsp3) is 0.360. The van der Waals surface area contributed by atoms with E-state index < -0.39 is 0 Å². The number of hydrogen-bond donors (Lipinski definition) is 2. The number of nitrogens with two attached hydrogens (primary N) is 1. The summed E-state index contributed by atoms with van der Waals surface area (Å²) in [5, 5.41) is 2.77. The molecule has 0 aromatic heterocycles. The van der Waals surface area contributed by atoms with E-state index in [0.29, 0.717) is 11.4 Å². The molecule has 1 saturated heterocycles. The first-order valence-electron chi connectivity index (χ1n) is 10.9. The van der Waals surface area contributed by atoms with Crippen molar-refractivity contribution in [1.82, 2.24) is 9.80 Å². The number of likely N-dealkylation sites (N-methyl/N-ethyl adjacent to an activating group) is 1. The SMILES string of the molecule is CC(=O)C(c1ccc(/C=C/C(=O)Nc2ccccc2N)cc1)N(C)CCN1CCOCC1. The molecule has 3 rings (SSSR count). The number of carbonyl (C=O) groups is 2. The maximum atomic E-state index is 12.4. The smallest absolute Gasteiger partial charge is 0.248 e. The van der Waals surface area contributed by atoms with E-state index in [2.05, 4.69) is 15.1 Å². The lowest BCUT2D eigenvalue weighted by molar-refractivity contribution is -0.122. The fourth-order valence-electron chi connectivity index (χ4n) is 3.80. The first kappa shape index (κ1) is 23.7. The number of carbonyl (C=O) groups excluding carboxylic acids is 2. The molecular formula is C25H32N4O3. The number of para-hydroxylation sites is 2. The van der Waals surface area contributed by atoms with E-state index in [1.807, 2.05) is 43.4 Å². The molecule has 1 heterocycles. The Bertz CT molecular complexity index is 936. The summed E-state index contributed by atoms with van der Waals surface area (Å²) in [7, 11) is 1.99. The van der Waals surface area contributed by atoms with Crippen molar-refractivity contribution in [3.05, 3.63) is 65.7 Å². The van der Waals surface area contributed by atoms with Gasteiger partial charge in [0.15, 0.2) is 5.78 Å². The number of benzene rings is 2. The summed E-state index contributed by atoms with van der Waals surface area (Å²) < 4.78 is 5.40. The number of nitrogens with one attached hydrogen (secondary N) is 1. The van der Waals surface area contributed by atoms with E-state index in [-0.39, 0.29) is 17.7 Å². The molecule has 0 saturated carbocycles. The Kier molecular flexibility index (Phi) is 8.56. The zero-order valence-corrected chi connectivity index (χ0v) is 18.8. The summed E-state index contributed by atoms with van der Waals surface area (Å²) in [6, 6.07) is 14.6. The number of nitrogen functional groups attached to an aromatic ring is 1. The maximum absolute atomic E-state index is 12.4. The van der Waals surface area contributed by atoms with Crippen LogP contribution in [0.3, 0.4) is 0 Å².